The molecule has 4 heterocycles. The molecule has 0 spiro atoms. The maximum Gasteiger partial charge on any atom is 0.255 e. The predicted molar refractivity (Wildman–Crippen MR) is 112 cm³/mol. The zero-order valence-electron chi connectivity index (χ0n) is 17.0. The molecule has 2 aliphatic heterocycles. The lowest BCUT2D eigenvalue weighted by Crippen LogP contribution is -2.38. The highest BCUT2D eigenvalue weighted by atomic mass is 16.5. The molecule has 2 aromatic heterocycles. The number of carbonyl (C=O) groups is 1. The molecule has 0 saturated carbocycles. The van der Waals surface area contributed by atoms with Crippen LogP contribution in [-0.4, -0.2) is 58.4 Å². The van der Waals surface area contributed by atoms with E-state index in [0.717, 1.165) is 70.9 Å². The topological polar surface area (TPSA) is 72.3 Å². The maximum absolute atomic E-state index is 12.8. The fourth-order valence-electron chi connectivity index (χ4n) is 4.20. The molecule has 0 unspecified atom stereocenters. The lowest BCUT2D eigenvalue weighted by atomic mass is 9.93. The maximum atomic E-state index is 12.8. The van der Waals surface area contributed by atoms with Crippen LogP contribution in [0.2, 0.25) is 0 Å². The molecule has 7 heteroatoms. The van der Waals surface area contributed by atoms with E-state index in [1.807, 2.05) is 40.2 Å². The smallest absolute Gasteiger partial charge is 0.255 e. The van der Waals surface area contributed by atoms with Crippen molar-refractivity contribution in [3.8, 4) is 0 Å². The Labute approximate surface area is 172 Å². The fraction of sp³-hybridized carbons (Fsp3) is 0.591. The Morgan fingerprint density at radius 2 is 2.10 bits per heavy atom. The van der Waals surface area contributed by atoms with Crippen LogP contribution in [0.3, 0.4) is 0 Å². The molecule has 156 valence electrons. The van der Waals surface area contributed by atoms with E-state index in [-0.39, 0.29) is 5.91 Å². The van der Waals surface area contributed by atoms with Crippen LogP contribution in [0, 0.1) is 11.8 Å². The summed E-state index contributed by atoms with van der Waals surface area (Å²) >= 11 is 0. The molecule has 0 bridgehead atoms. The molecule has 7 nitrogen and oxygen atoms in total. The van der Waals surface area contributed by atoms with Gasteiger partial charge in [0.25, 0.3) is 5.91 Å². The summed E-state index contributed by atoms with van der Waals surface area (Å²) in [6, 6.07) is 5.76. The van der Waals surface area contributed by atoms with Gasteiger partial charge in [0.1, 0.15) is 5.82 Å². The summed E-state index contributed by atoms with van der Waals surface area (Å²) in [5, 5.41) is 7.63. The van der Waals surface area contributed by atoms with Gasteiger partial charge in [-0.3, -0.25) is 9.48 Å². The fourth-order valence-corrected chi connectivity index (χ4v) is 4.20. The Morgan fingerprint density at radius 1 is 1.21 bits per heavy atom. The molecule has 2 aromatic rings. The summed E-state index contributed by atoms with van der Waals surface area (Å²) < 4.78 is 7.50. The summed E-state index contributed by atoms with van der Waals surface area (Å²) in [6.07, 6.45) is 11.1. The molecule has 2 saturated heterocycles. The van der Waals surface area contributed by atoms with Crippen LogP contribution < -0.4 is 5.32 Å². The first-order valence-corrected chi connectivity index (χ1v) is 10.8. The Morgan fingerprint density at radius 3 is 2.79 bits per heavy atom. The van der Waals surface area contributed by atoms with E-state index in [4.69, 9.17) is 4.74 Å². The molecule has 1 amide bonds. The second-order valence-electron chi connectivity index (χ2n) is 8.19. The first kappa shape index (κ1) is 19.9. The van der Waals surface area contributed by atoms with E-state index >= 15 is 0 Å². The van der Waals surface area contributed by atoms with E-state index in [1.165, 1.54) is 6.42 Å². The average Bonchev–Trinajstić information content (AvgIpc) is 3.31. The second-order valence-corrected chi connectivity index (χ2v) is 8.19. The zero-order chi connectivity index (χ0) is 19.9. The number of aryl methyl sites for hydroxylation is 1. The zero-order valence-corrected chi connectivity index (χ0v) is 17.0. The third-order valence-electron chi connectivity index (χ3n) is 6.06. The van der Waals surface area contributed by atoms with Gasteiger partial charge in [0.15, 0.2) is 0 Å². The lowest BCUT2D eigenvalue weighted by Gasteiger charge is -2.32. The molecule has 0 aliphatic carbocycles. The number of nitrogens with one attached hydrogen (secondary N) is 1. The van der Waals surface area contributed by atoms with Crippen LogP contribution in [0.4, 0.5) is 5.82 Å². The number of rotatable bonds is 7. The van der Waals surface area contributed by atoms with Gasteiger partial charge in [-0.1, -0.05) is 0 Å². The van der Waals surface area contributed by atoms with Crippen LogP contribution in [0.15, 0.2) is 36.8 Å². The van der Waals surface area contributed by atoms with Gasteiger partial charge in [0.05, 0.1) is 12.2 Å². The Balaban J connectivity index is 1.21. The quantitative estimate of drug-likeness (QED) is 0.777. The van der Waals surface area contributed by atoms with Gasteiger partial charge in [-0.05, 0) is 62.1 Å². The molecule has 1 atom stereocenters. The van der Waals surface area contributed by atoms with Crippen molar-refractivity contribution < 1.29 is 9.53 Å². The summed E-state index contributed by atoms with van der Waals surface area (Å²) in [5.41, 5.74) is 0.673. The first-order chi connectivity index (χ1) is 14.3. The van der Waals surface area contributed by atoms with E-state index in [2.05, 4.69) is 15.4 Å². The van der Waals surface area contributed by atoms with Crippen LogP contribution in [0.1, 0.15) is 42.5 Å². The third-order valence-corrected chi connectivity index (χ3v) is 6.06. The number of likely N-dealkylation sites (tertiary alicyclic amines) is 1. The van der Waals surface area contributed by atoms with Gasteiger partial charge in [0, 0.05) is 51.4 Å². The van der Waals surface area contributed by atoms with Crippen molar-refractivity contribution in [2.24, 2.45) is 11.8 Å². The van der Waals surface area contributed by atoms with Crippen molar-refractivity contribution in [1.29, 1.82) is 0 Å². The monoisotopic (exact) mass is 397 g/mol. The Kier molecular flexibility index (Phi) is 6.77. The van der Waals surface area contributed by atoms with Gasteiger partial charge in [0.2, 0.25) is 0 Å². The van der Waals surface area contributed by atoms with Gasteiger partial charge in [-0.15, -0.1) is 0 Å². The number of hydrogen-bond acceptors (Lipinski definition) is 5. The van der Waals surface area contributed by atoms with E-state index < -0.39 is 0 Å². The molecular formula is C22H31N5O2. The number of amides is 1. The lowest BCUT2D eigenvalue weighted by molar-refractivity contribution is 0.0595. The minimum absolute atomic E-state index is 0.0928. The van der Waals surface area contributed by atoms with Crippen LogP contribution in [-0.2, 0) is 11.3 Å². The number of anilines is 1. The number of pyridine rings is 1. The molecule has 4 rings (SSSR count). The standard InChI is InChI=1S/C22H31N5O2/c28-22(26-11-6-18(7-12-26)8-13-27-10-2-9-25-27)20-4-5-21(24-16-20)23-15-19-3-1-14-29-17-19/h2,4-5,9-10,16,18-19H,1,3,6-8,11-15,17H2,(H,23,24)/t19-/m0/s1. The number of piperidine rings is 1. The number of nitrogens with zero attached hydrogens (tertiary/aromatic N) is 4. The SMILES string of the molecule is O=C(c1ccc(NC[C@@H]2CCCOC2)nc1)N1CCC(CCn2cccn2)CC1. The summed E-state index contributed by atoms with van der Waals surface area (Å²) in [7, 11) is 0. The van der Waals surface area contributed by atoms with Crippen molar-refractivity contribution in [3.63, 3.8) is 0 Å². The predicted octanol–water partition coefficient (Wildman–Crippen LogP) is 3.06. The number of ether oxygens (including phenoxy) is 1. The molecule has 1 N–H and O–H groups in total. The van der Waals surface area contributed by atoms with Crippen molar-refractivity contribution in [2.75, 3.05) is 38.2 Å². The van der Waals surface area contributed by atoms with E-state index in [1.54, 1.807) is 6.20 Å². The number of hydrogen-bond donors (Lipinski definition) is 1. The minimum Gasteiger partial charge on any atom is -0.381 e. The van der Waals surface area contributed by atoms with Crippen molar-refractivity contribution >= 4 is 11.7 Å². The first-order valence-electron chi connectivity index (χ1n) is 10.8. The van der Waals surface area contributed by atoms with Crippen molar-refractivity contribution in [1.82, 2.24) is 19.7 Å². The van der Waals surface area contributed by atoms with Crippen LogP contribution in [0.5, 0.6) is 0 Å². The summed E-state index contributed by atoms with van der Waals surface area (Å²) in [4.78, 5) is 19.2. The van der Waals surface area contributed by atoms with Gasteiger partial charge >= 0.3 is 0 Å². The second kappa shape index (κ2) is 9.87. The van der Waals surface area contributed by atoms with Gasteiger partial charge in [-0.2, -0.15) is 5.10 Å². The van der Waals surface area contributed by atoms with Crippen LogP contribution >= 0.6 is 0 Å². The van der Waals surface area contributed by atoms with E-state index in [9.17, 15) is 4.79 Å². The normalized spacial score (nSPS) is 20.6. The third kappa shape index (κ3) is 5.56. The number of aromatic nitrogens is 3. The van der Waals surface area contributed by atoms with E-state index in [0.29, 0.717) is 17.4 Å². The largest absolute Gasteiger partial charge is 0.381 e. The Hall–Kier alpha value is -2.41. The molecule has 2 aliphatic rings. The van der Waals surface area contributed by atoms with Gasteiger partial charge in [-0.25, -0.2) is 4.98 Å². The molecular weight excluding hydrogens is 366 g/mol. The highest BCUT2D eigenvalue weighted by Crippen LogP contribution is 2.22. The highest BCUT2D eigenvalue weighted by Gasteiger charge is 2.24. The van der Waals surface area contributed by atoms with Crippen molar-refractivity contribution in [3.05, 3.63) is 42.4 Å². The molecule has 0 radical (unpaired) electrons. The molecule has 2 fully saturated rings. The summed E-state index contributed by atoms with van der Waals surface area (Å²) in [5.74, 6) is 2.12. The average molecular weight is 398 g/mol. The summed E-state index contributed by atoms with van der Waals surface area (Å²) in [6.45, 7) is 5.17. The molecule has 29 heavy (non-hydrogen) atoms. The van der Waals surface area contributed by atoms with Crippen molar-refractivity contribution in [2.45, 2.75) is 38.6 Å². The Bertz CT molecular complexity index is 748. The number of carbonyl (C=O) groups excluding carboxylic acids is 1. The highest BCUT2D eigenvalue weighted by molar-refractivity contribution is 5.94. The minimum atomic E-state index is 0.0928. The van der Waals surface area contributed by atoms with Gasteiger partial charge < -0.3 is 15.0 Å². The molecule has 0 aromatic carbocycles. The van der Waals surface area contributed by atoms with Crippen LogP contribution in [0.25, 0.3) is 0 Å².